The summed E-state index contributed by atoms with van der Waals surface area (Å²) in [6, 6.07) is 30.5. The molecule has 0 amide bonds. The van der Waals surface area contributed by atoms with Crippen molar-refractivity contribution >= 4 is 22.4 Å². The van der Waals surface area contributed by atoms with Gasteiger partial charge in [0, 0.05) is 16.6 Å². The summed E-state index contributed by atoms with van der Waals surface area (Å²) in [7, 11) is 0. The number of anilines is 2. The van der Waals surface area contributed by atoms with Gasteiger partial charge in [0.05, 0.1) is 5.52 Å². The van der Waals surface area contributed by atoms with Gasteiger partial charge in [-0.25, -0.2) is 9.97 Å². The van der Waals surface area contributed by atoms with Gasteiger partial charge in [-0.05, 0) is 72.8 Å². The highest BCUT2D eigenvalue weighted by atomic mass is 16.5. The molecule has 5 aromatic rings. The average molecular weight is 429 g/mol. The molecule has 1 aromatic heterocycles. The predicted molar refractivity (Wildman–Crippen MR) is 130 cm³/mol. The standard InChI is InChI=1S/C28H19N3O2/c1-2-20-7-6-8-21(17-20)31-28-26-18-25(15-16-27(26)29-19-30-28)33-24-13-11-23(12-14-24)32-22-9-4-3-5-10-22/h1,3-19H,(H,29,30,31). The zero-order chi connectivity index (χ0) is 22.5. The lowest BCUT2D eigenvalue weighted by Crippen LogP contribution is -1.96. The fraction of sp³-hybridized carbons (Fsp3) is 0. The summed E-state index contributed by atoms with van der Waals surface area (Å²) in [5.41, 5.74) is 2.45. The first-order chi connectivity index (χ1) is 16.3. The fourth-order valence-corrected chi connectivity index (χ4v) is 3.36. The van der Waals surface area contributed by atoms with Crippen LogP contribution in [0.1, 0.15) is 5.56 Å². The number of para-hydroxylation sites is 1. The number of fused-ring (bicyclic) bond motifs is 1. The largest absolute Gasteiger partial charge is 0.457 e. The molecule has 0 aliphatic heterocycles. The SMILES string of the molecule is C#Cc1cccc(Nc2ncnc3ccc(Oc4ccc(Oc5ccccc5)cc4)cc23)c1. The Labute approximate surface area is 191 Å². The minimum atomic E-state index is 0.672. The topological polar surface area (TPSA) is 56.3 Å². The summed E-state index contributed by atoms with van der Waals surface area (Å²) in [6.07, 6.45) is 7.05. The fourth-order valence-electron chi connectivity index (χ4n) is 3.36. The second-order valence-electron chi connectivity index (χ2n) is 7.24. The molecule has 158 valence electrons. The van der Waals surface area contributed by atoms with Crippen LogP contribution in [0.3, 0.4) is 0 Å². The lowest BCUT2D eigenvalue weighted by atomic mass is 10.2. The second-order valence-corrected chi connectivity index (χ2v) is 7.24. The van der Waals surface area contributed by atoms with Gasteiger partial charge in [0.25, 0.3) is 0 Å². The molecular weight excluding hydrogens is 410 g/mol. The molecule has 5 heteroatoms. The van der Waals surface area contributed by atoms with E-state index in [1.54, 1.807) is 0 Å². The molecule has 5 nitrogen and oxygen atoms in total. The van der Waals surface area contributed by atoms with E-state index in [2.05, 4.69) is 21.2 Å². The van der Waals surface area contributed by atoms with Gasteiger partial charge >= 0.3 is 0 Å². The maximum absolute atomic E-state index is 6.07. The van der Waals surface area contributed by atoms with E-state index >= 15 is 0 Å². The molecule has 0 atom stereocenters. The van der Waals surface area contributed by atoms with E-state index < -0.39 is 0 Å². The molecule has 0 spiro atoms. The molecule has 5 rings (SSSR count). The molecule has 0 radical (unpaired) electrons. The average Bonchev–Trinajstić information content (AvgIpc) is 2.86. The lowest BCUT2D eigenvalue weighted by Gasteiger charge is -2.11. The van der Waals surface area contributed by atoms with Crippen LogP contribution in [0.2, 0.25) is 0 Å². The van der Waals surface area contributed by atoms with E-state index in [9.17, 15) is 0 Å². The van der Waals surface area contributed by atoms with E-state index in [0.717, 1.165) is 33.7 Å². The Morgan fingerprint density at radius 3 is 2.12 bits per heavy atom. The Morgan fingerprint density at radius 1 is 0.667 bits per heavy atom. The van der Waals surface area contributed by atoms with Crippen LogP contribution in [-0.4, -0.2) is 9.97 Å². The summed E-state index contributed by atoms with van der Waals surface area (Å²) >= 11 is 0. The van der Waals surface area contributed by atoms with Crippen LogP contribution in [0.25, 0.3) is 10.9 Å². The molecule has 0 saturated heterocycles. The van der Waals surface area contributed by atoms with Gasteiger partial charge in [-0.3, -0.25) is 0 Å². The number of aromatic nitrogens is 2. The van der Waals surface area contributed by atoms with Crippen molar-refractivity contribution in [3.05, 3.63) is 109 Å². The van der Waals surface area contributed by atoms with Crippen molar-refractivity contribution in [3.8, 4) is 35.3 Å². The van der Waals surface area contributed by atoms with Crippen LogP contribution in [0.15, 0.2) is 103 Å². The predicted octanol–water partition coefficient (Wildman–Crippen LogP) is 6.94. The molecule has 0 bridgehead atoms. The van der Waals surface area contributed by atoms with E-state index in [4.69, 9.17) is 15.9 Å². The highest BCUT2D eigenvalue weighted by Gasteiger charge is 2.08. The van der Waals surface area contributed by atoms with Crippen LogP contribution < -0.4 is 14.8 Å². The number of hydrogen-bond donors (Lipinski definition) is 1. The number of nitrogens with zero attached hydrogens (tertiary/aromatic N) is 2. The number of terminal acetylenes is 1. The van der Waals surface area contributed by atoms with Crippen LogP contribution in [0, 0.1) is 12.3 Å². The smallest absolute Gasteiger partial charge is 0.141 e. The third-order valence-corrected chi connectivity index (χ3v) is 4.94. The Balaban J connectivity index is 1.36. The number of rotatable bonds is 6. The third-order valence-electron chi connectivity index (χ3n) is 4.94. The van der Waals surface area contributed by atoms with Crippen molar-refractivity contribution in [1.82, 2.24) is 9.97 Å². The number of ether oxygens (including phenoxy) is 2. The summed E-state index contributed by atoms with van der Waals surface area (Å²) < 4.78 is 11.9. The van der Waals surface area contributed by atoms with Gasteiger partial charge in [0.1, 0.15) is 35.1 Å². The first-order valence-corrected chi connectivity index (χ1v) is 10.4. The normalized spacial score (nSPS) is 10.4. The summed E-state index contributed by atoms with van der Waals surface area (Å²) in [5.74, 6) is 6.21. The van der Waals surface area contributed by atoms with Gasteiger partial charge in [-0.2, -0.15) is 0 Å². The zero-order valence-electron chi connectivity index (χ0n) is 17.6. The maximum Gasteiger partial charge on any atom is 0.141 e. The van der Waals surface area contributed by atoms with Crippen molar-refractivity contribution in [3.63, 3.8) is 0 Å². The van der Waals surface area contributed by atoms with Crippen molar-refractivity contribution in [1.29, 1.82) is 0 Å². The van der Waals surface area contributed by atoms with Crippen LogP contribution in [0.5, 0.6) is 23.0 Å². The van der Waals surface area contributed by atoms with Gasteiger partial charge in [0.15, 0.2) is 0 Å². The second kappa shape index (κ2) is 9.13. The molecule has 1 N–H and O–H groups in total. The minimum absolute atomic E-state index is 0.672. The van der Waals surface area contributed by atoms with Crippen molar-refractivity contribution in [2.75, 3.05) is 5.32 Å². The molecule has 4 aromatic carbocycles. The Bertz CT molecular complexity index is 1440. The highest BCUT2D eigenvalue weighted by molar-refractivity contribution is 5.91. The Hall–Kier alpha value is -4.82. The summed E-state index contributed by atoms with van der Waals surface area (Å²) in [6.45, 7) is 0. The molecule has 33 heavy (non-hydrogen) atoms. The van der Waals surface area contributed by atoms with Gasteiger partial charge in [-0.15, -0.1) is 6.42 Å². The minimum Gasteiger partial charge on any atom is -0.457 e. The first-order valence-electron chi connectivity index (χ1n) is 10.4. The first kappa shape index (κ1) is 20.1. The quantitative estimate of drug-likeness (QED) is 0.296. The molecular formula is C28H19N3O2. The van der Waals surface area contributed by atoms with Gasteiger partial charge in [0.2, 0.25) is 0 Å². The van der Waals surface area contributed by atoms with E-state index in [-0.39, 0.29) is 0 Å². The maximum atomic E-state index is 6.07. The lowest BCUT2D eigenvalue weighted by molar-refractivity contribution is 0.469. The van der Waals surface area contributed by atoms with Gasteiger partial charge < -0.3 is 14.8 Å². The monoisotopic (exact) mass is 429 g/mol. The van der Waals surface area contributed by atoms with Crippen LogP contribution >= 0.6 is 0 Å². The molecule has 1 heterocycles. The molecule has 0 unspecified atom stereocenters. The summed E-state index contributed by atoms with van der Waals surface area (Å²) in [4.78, 5) is 8.77. The summed E-state index contributed by atoms with van der Waals surface area (Å²) in [5, 5.41) is 4.16. The van der Waals surface area contributed by atoms with E-state index in [0.29, 0.717) is 17.3 Å². The Kier molecular flexibility index (Phi) is 5.56. The molecule has 0 saturated carbocycles. The highest BCUT2D eigenvalue weighted by Crippen LogP contribution is 2.31. The molecule has 0 aliphatic carbocycles. The van der Waals surface area contributed by atoms with Crippen molar-refractivity contribution in [2.45, 2.75) is 0 Å². The number of benzene rings is 4. The Morgan fingerprint density at radius 2 is 1.36 bits per heavy atom. The number of hydrogen-bond acceptors (Lipinski definition) is 5. The van der Waals surface area contributed by atoms with Gasteiger partial charge in [-0.1, -0.05) is 30.2 Å². The van der Waals surface area contributed by atoms with E-state index in [1.807, 2.05) is 97.1 Å². The van der Waals surface area contributed by atoms with Crippen LogP contribution in [-0.2, 0) is 0 Å². The van der Waals surface area contributed by atoms with Crippen molar-refractivity contribution in [2.24, 2.45) is 0 Å². The number of nitrogens with one attached hydrogen (secondary N) is 1. The molecule has 0 fully saturated rings. The molecule has 0 aliphatic rings. The van der Waals surface area contributed by atoms with E-state index in [1.165, 1.54) is 6.33 Å². The zero-order valence-corrected chi connectivity index (χ0v) is 17.6. The third kappa shape index (κ3) is 4.76. The van der Waals surface area contributed by atoms with Crippen molar-refractivity contribution < 1.29 is 9.47 Å². The van der Waals surface area contributed by atoms with Crippen LogP contribution in [0.4, 0.5) is 11.5 Å².